The number of halogens is 1. The van der Waals surface area contributed by atoms with Gasteiger partial charge in [0.25, 0.3) is 10.0 Å². The highest BCUT2D eigenvalue weighted by Gasteiger charge is 2.20. The summed E-state index contributed by atoms with van der Waals surface area (Å²) < 4.78 is 40.7. The maximum absolute atomic E-state index is 13.0. The van der Waals surface area contributed by atoms with E-state index in [0.717, 1.165) is 44.0 Å². The average molecular weight is 349 g/mol. The lowest BCUT2D eigenvalue weighted by Crippen LogP contribution is -2.44. The highest BCUT2D eigenvalue weighted by molar-refractivity contribution is 7.92. The van der Waals surface area contributed by atoms with Crippen LogP contribution in [0.5, 0.6) is 0 Å². The number of likely N-dealkylation sites (N-methyl/N-ethyl adjacent to an activating group) is 1. The maximum atomic E-state index is 13.0. The van der Waals surface area contributed by atoms with Crippen molar-refractivity contribution in [2.45, 2.75) is 4.90 Å². The molecule has 24 heavy (non-hydrogen) atoms. The van der Waals surface area contributed by atoms with Crippen molar-refractivity contribution in [1.29, 1.82) is 0 Å². The summed E-state index contributed by atoms with van der Waals surface area (Å²) in [6.45, 7) is 3.54. The molecule has 0 spiro atoms. The number of benzene rings is 2. The van der Waals surface area contributed by atoms with Gasteiger partial charge in [0, 0.05) is 26.2 Å². The molecule has 1 N–H and O–H groups in total. The van der Waals surface area contributed by atoms with Gasteiger partial charge in [-0.2, -0.15) is 0 Å². The molecule has 0 unspecified atom stereocenters. The minimum absolute atomic E-state index is 0.0390. The molecule has 1 saturated heterocycles. The van der Waals surface area contributed by atoms with E-state index in [4.69, 9.17) is 0 Å². The molecule has 2 aromatic carbocycles. The molecule has 1 heterocycles. The molecule has 1 aliphatic rings. The van der Waals surface area contributed by atoms with Crippen LogP contribution < -0.4 is 9.62 Å². The van der Waals surface area contributed by atoms with Crippen LogP contribution in [-0.4, -0.2) is 46.5 Å². The van der Waals surface area contributed by atoms with Crippen molar-refractivity contribution < 1.29 is 12.8 Å². The topological polar surface area (TPSA) is 52.6 Å². The van der Waals surface area contributed by atoms with E-state index in [1.165, 1.54) is 12.1 Å². The van der Waals surface area contributed by atoms with Crippen molar-refractivity contribution in [2.24, 2.45) is 0 Å². The van der Waals surface area contributed by atoms with Crippen molar-refractivity contribution in [3.05, 3.63) is 54.3 Å². The first-order chi connectivity index (χ1) is 11.5. The fourth-order valence-corrected chi connectivity index (χ4v) is 3.77. The van der Waals surface area contributed by atoms with Crippen LogP contribution in [0.25, 0.3) is 0 Å². The van der Waals surface area contributed by atoms with E-state index in [1.807, 2.05) is 12.1 Å². The molecule has 3 rings (SSSR count). The molecular formula is C17H20FN3O2S. The third-order valence-electron chi connectivity index (χ3n) is 4.12. The standard InChI is InChI=1S/C17H20FN3O2S/c1-20-10-12-21(13-11-20)17-5-3-2-4-16(17)19-24(22,23)15-8-6-14(18)7-9-15/h2-9,19H,10-13H2,1H3. The van der Waals surface area contributed by atoms with E-state index in [0.29, 0.717) is 5.69 Å². The summed E-state index contributed by atoms with van der Waals surface area (Å²) in [5, 5.41) is 0. The zero-order valence-electron chi connectivity index (χ0n) is 13.4. The third-order valence-corrected chi connectivity index (χ3v) is 5.50. The Bertz CT molecular complexity index is 801. The lowest BCUT2D eigenvalue weighted by atomic mass is 10.2. The number of nitrogens with zero attached hydrogens (tertiary/aromatic N) is 2. The number of hydrogen-bond donors (Lipinski definition) is 1. The molecule has 0 atom stereocenters. The van der Waals surface area contributed by atoms with E-state index < -0.39 is 15.8 Å². The van der Waals surface area contributed by atoms with E-state index >= 15 is 0 Å². The highest BCUT2D eigenvalue weighted by atomic mass is 32.2. The first kappa shape index (κ1) is 16.7. The fourth-order valence-electron chi connectivity index (χ4n) is 2.70. The van der Waals surface area contributed by atoms with Crippen LogP contribution in [0.1, 0.15) is 0 Å². The number of nitrogens with one attached hydrogen (secondary N) is 1. The SMILES string of the molecule is CN1CCN(c2ccccc2NS(=O)(=O)c2ccc(F)cc2)CC1. The van der Waals surface area contributed by atoms with E-state index in [2.05, 4.69) is 21.6 Å². The number of para-hydroxylation sites is 2. The summed E-state index contributed by atoms with van der Waals surface area (Å²) in [7, 11) is -1.69. The average Bonchev–Trinajstić information content (AvgIpc) is 2.56. The quantitative estimate of drug-likeness (QED) is 0.921. The maximum Gasteiger partial charge on any atom is 0.261 e. The van der Waals surface area contributed by atoms with Gasteiger partial charge in [-0.05, 0) is 43.4 Å². The van der Waals surface area contributed by atoms with Gasteiger partial charge in [-0.25, -0.2) is 12.8 Å². The van der Waals surface area contributed by atoms with Crippen LogP contribution in [0.2, 0.25) is 0 Å². The van der Waals surface area contributed by atoms with Crippen LogP contribution in [-0.2, 0) is 10.0 Å². The van der Waals surface area contributed by atoms with Crippen LogP contribution in [0.15, 0.2) is 53.4 Å². The summed E-state index contributed by atoms with van der Waals surface area (Å²) in [5.74, 6) is -0.466. The second-order valence-electron chi connectivity index (χ2n) is 5.87. The van der Waals surface area contributed by atoms with Crippen LogP contribution in [0, 0.1) is 5.82 Å². The summed E-state index contributed by atoms with van der Waals surface area (Å²) in [6.07, 6.45) is 0. The Labute approximate surface area is 141 Å². The van der Waals surface area contributed by atoms with Crippen molar-refractivity contribution >= 4 is 21.4 Å². The monoisotopic (exact) mass is 349 g/mol. The number of piperazine rings is 1. The molecule has 0 aliphatic carbocycles. The molecule has 0 amide bonds. The smallest absolute Gasteiger partial charge is 0.261 e. The Morgan fingerprint density at radius 2 is 1.58 bits per heavy atom. The van der Waals surface area contributed by atoms with Crippen LogP contribution >= 0.6 is 0 Å². The van der Waals surface area contributed by atoms with Crippen molar-refractivity contribution in [3.8, 4) is 0 Å². The normalized spacial score (nSPS) is 16.2. The Hall–Kier alpha value is -2.12. The lowest BCUT2D eigenvalue weighted by molar-refractivity contribution is 0.313. The first-order valence-electron chi connectivity index (χ1n) is 7.77. The second-order valence-corrected chi connectivity index (χ2v) is 7.55. The summed E-state index contributed by atoms with van der Waals surface area (Å²) in [6, 6.07) is 12.1. The summed E-state index contributed by atoms with van der Waals surface area (Å²) in [5.41, 5.74) is 1.39. The largest absolute Gasteiger partial charge is 0.367 e. The van der Waals surface area contributed by atoms with E-state index in [1.54, 1.807) is 12.1 Å². The zero-order chi connectivity index (χ0) is 17.2. The minimum atomic E-state index is -3.76. The molecule has 1 fully saturated rings. The van der Waals surface area contributed by atoms with Gasteiger partial charge in [0.15, 0.2) is 0 Å². The molecular weight excluding hydrogens is 329 g/mol. The van der Waals surface area contributed by atoms with Gasteiger partial charge in [-0.3, -0.25) is 4.72 Å². The van der Waals surface area contributed by atoms with Crippen LogP contribution in [0.4, 0.5) is 15.8 Å². The highest BCUT2D eigenvalue weighted by Crippen LogP contribution is 2.28. The molecule has 7 heteroatoms. The Morgan fingerprint density at radius 1 is 0.958 bits per heavy atom. The van der Waals surface area contributed by atoms with Crippen molar-refractivity contribution in [1.82, 2.24) is 4.90 Å². The van der Waals surface area contributed by atoms with E-state index in [-0.39, 0.29) is 4.90 Å². The molecule has 2 aromatic rings. The summed E-state index contributed by atoms with van der Waals surface area (Å²) in [4.78, 5) is 4.45. The molecule has 0 aromatic heterocycles. The minimum Gasteiger partial charge on any atom is -0.367 e. The second kappa shape index (κ2) is 6.78. The van der Waals surface area contributed by atoms with Gasteiger partial charge in [0.05, 0.1) is 16.3 Å². The Balaban J connectivity index is 1.86. The van der Waals surface area contributed by atoms with E-state index in [9.17, 15) is 12.8 Å². The van der Waals surface area contributed by atoms with Gasteiger partial charge in [0.2, 0.25) is 0 Å². The van der Waals surface area contributed by atoms with Gasteiger partial charge >= 0.3 is 0 Å². The zero-order valence-corrected chi connectivity index (χ0v) is 14.3. The Kier molecular flexibility index (Phi) is 4.73. The number of rotatable bonds is 4. The van der Waals surface area contributed by atoms with Gasteiger partial charge < -0.3 is 9.80 Å². The van der Waals surface area contributed by atoms with Gasteiger partial charge in [-0.1, -0.05) is 12.1 Å². The van der Waals surface area contributed by atoms with Crippen LogP contribution in [0.3, 0.4) is 0 Å². The molecule has 0 saturated carbocycles. The summed E-state index contributed by atoms with van der Waals surface area (Å²) >= 11 is 0. The number of anilines is 2. The molecule has 0 radical (unpaired) electrons. The molecule has 128 valence electrons. The van der Waals surface area contributed by atoms with Gasteiger partial charge in [-0.15, -0.1) is 0 Å². The molecule has 5 nitrogen and oxygen atoms in total. The predicted molar refractivity (Wildman–Crippen MR) is 93.4 cm³/mol. The lowest BCUT2D eigenvalue weighted by Gasteiger charge is -2.35. The van der Waals surface area contributed by atoms with Gasteiger partial charge in [0.1, 0.15) is 5.82 Å². The van der Waals surface area contributed by atoms with Crippen molar-refractivity contribution in [3.63, 3.8) is 0 Å². The number of sulfonamides is 1. The third kappa shape index (κ3) is 3.68. The number of hydrogen-bond acceptors (Lipinski definition) is 4. The molecule has 1 aliphatic heterocycles. The Morgan fingerprint density at radius 3 is 2.25 bits per heavy atom. The fraction of sp³-hybridized carbons (Fsp3) is 0.294. The molecule has 0 bridgehead atoms. The first-order valence-corrected chi connectivity index (χ1v) is 9.25. The van der Waals surface area contributed by atoms with Crippen molar-refractivity contribution in [2.75, 3.05) is 42.8 Å². The predicted octanol–water partition coefficient (Wildman–Crippen LogP) is 2.38.